The second-order valence-electron chi connectivity index (χ2n) is 4.25. The molecule has 2 aromatic rings. The number of aliphatic hydroxyl groups excluding tert-OH is 1. The van der Waals surface area contributed by atoms with Gasteiger partial charge in [0.1, 0.15) is 5.15 Å². The summed E-state index contributed by atoms with van der Waals surface area (Å²) in [7, 11) is 1.79. The number of rotatable bonds is 4. The van der Waals surface area contributed by atoms with Crippen LogP contribution in [0.1, 0.15) is 5.56 Å². The maximum absolute atomic E-state index is 9.06. The van der Waals surface area contributed by atoms with E-state index >= 15 is 0 Å². The van der Waals surface area contributed by atoms with Crippen LogP contribution in [0.4, 0.5) is 0 Å². The van der Waals surface area contributed by atoms with Crippen molar-refractivity contribution in [1.82, 2.24) is 9.78 Å². The molecule has 5 heteroatoms. The highest BCUT2D eigenvalue weighted by Crippen LogP contribution is 2.28. The number of halogens is 1. The molecule has 1 atom stereocenters. The van der Waals surface area contributed by atoms with Crippen LogP contribution in [0, 0.1) is 0 Å². The van der Waals surface area contributed by atoms with E-state index in [1.807, 2.05) is 30.3 Å². The van der Waals surface area contributed by atoms with Gasteiger partial charge in [0.25, 0.3) is 0 Å². The Morgan fingerprint density at radius 3 is 2.67 bits per heavy atom. The molecule has 0 aliphatic rings. The fraction of sp³-hybridized carbons (Fsp3) is 0.308. The Morgan fingerprint density at radius 2 is 2.06 bits per heavy atom. The van der Waals surface area contributed by atoms with Crippen molar-refractivity contribution >= 4 is 11.6 Å². The molecule has 0 aliphatic carbocycles. The highest BCUT2D eigenvalue weighted by atomic mass is 35.5. The quantitative estimate of drug-likeness (QED) is 0.883. The lowest BCUT2D eigenvalue weighted by atomic mass is 10.0. The van der Waals surface area contributed by atoms with Crippen LogP contribution in [0.3, 0.4) is 0 Å². The molecule has 96 valence electrons. The van der Waals surface area contributed by atoms with Gasteiger partial charge >= 0.3 is 0 Å². The topological polar surface area (TPSA) is 64.1 Å². The maximum atomic E-state index is 9.06. The Morgan fingerprint density at radius 1 is 1.39 bits per heavy atom. The van der Waals surface area contributed by atoms with E-state index in [-0.39, 0.29) is 12.6 Å². The van der Waals surface area contributed by atoms with E-state index in [0.717, 1.165) is 16.8 Å². The van der Waals surface area contributed by atoms with Crippen LogP contribution < -0.4 is 5.73 Å². The van der Waals surface area contributed by atoms with E-state index < -0.39 is 0 Å². The van der Waals surface area contributed by atoms with Gasteiger partial charge in [0.2, 0.25) is 0 Å². The van der Waals surface area contributed by atoms with Gasteiger partial charge in [-0.3, -0.25) is 4.68 Å². The Labute approximate surface area is 111 Å². The number of hydrogen-bond donors (Lipinski definition) is 2. The lowest BCUT2D eigenvalue weighted by Crippen LogP contribution is -2.27. The normalized spacial score (nSPS) is 12.7. The molecule has 0 saturated heterocycles. The molecule has 2 rings (SSSR count). The van der Waals surface area contributed by atoms with Gasteiger partial charge in [0.15, 0.2) is 0 Å². The molecule has 18 heavy (non-hydrogen) atoms. The monoisotopic (exact) mass is 265 g/mol. The van der Waals surface area contributed by atoms with E-state index in [9.17, 15) is 0 Å². The van der Waals surface area contributed by atoms with Crippen molar-refractivity contribution < 1.29 is 5.11 Å². The molecule has 0 aliphatic heterocycles. The van der Waals surface area contributed by atoms with Gasteiger partial charge in [-0.25, -0.2) is 0 Å². The minimum Gasteiger partial charge on any atom is -0.395 e. The van der Waals surface area contributed by atoms with E-state index in [2.05, 4.69) is 5.10 Å². The Bertz CT molecular complexity index is 525. The van der Waals surface area contributed by atoms with Crippen LogP contribution in [-0.2, 0) is 13.5 Å². The fourth-order valence-electron chi connectivity index (χ4n) is 1.88. The van der Waals surface area contributed by atoms with Gasteiger partial charge in [-0.1, -0.05) is 41.9 Å². The van der Waals surface area contributed by atoms with Gasteiger partial charge < -0.3 is 10.8 Å². The van der Waals surface area contributed by atoms with Crippen LogP contribution >= 0.6 is 11.6 Å². The zero-order valence-electron chi connectivity index (χ0n) is 10.2. The number of benzene rings is 1. The minimum absolute atomic E-state index is 0.0700. The Hall–Kier alpha value is -1.36. The van der Waals surface area contributed by atoms with Gasteiger partial charge in [-0.2, -0.15) is 5.10 Å². The van der Waals surface area contributed by atoms with Crippen molar-refractivity contribution in [3.8, 4) is 11.3 Å². The van der Waals surface area contributed by atoms with Crippen molar-refractivity contribution in [2.45, 2.75) is 12.5 Å². The number of aliphatic hydroxyl groups is 1. The van der Waals surface area contributed by atoms with Crippen LogP contribution in [0.25, 0.3) is 11.3 Å². The zero-order chi connectivity index (χ0) is 13.1. The number of aromatic nitrogens is 2. The van der Waals surface area contributed by atoms with Crippen molar-refractivity contribution in [3.05, 3.63) is 41.0 Å². The van der Waals surface area contributed by atoms with E-state index in [4.69, 9.17) is 22.4 Å². The third-order valence-corrected chi connectivity index (χ3v) is 3.29. The first-order valence-electron chi connectivity index (χ1n) is 5.76. The molecule has 1 heterocycles. The van der Waals surface area contributed by atoms with E-state index in [1.165, 1.54) is 0 Å². The standard InChI is InChI=1S/C13H16ClN3O/c1-17-13(14)11(7-10(15)8-18)12(16-17)9-5-3-2-4-6-9/h2-6,10,18H,7-8,15H2,1H3. The summed E-state index contributed by atoms with van der Waals surface area (Å²) < 4.78 is 1.63. The number of hydrogen-bond acceptors (Lipinski definition) is 3. The summed E-state index contributed by atoms with van der Waals surface area (Å²) in [6.07, 6.45) is 0.507. The summed E-state index contributed by atoms with van der Waals surface area (Å²) in [6, 6.07) is 9.49. The van der Waals surface area contributed by atoms with E-state index in [1.54, 1.807) is 11.7 Å². The van der Waals surface area contributed by atoms with E-state index in [0.29, 0.717) is 11.6 Å². The molecule has 1 aromatic heterocycles. The molecule has 4 nitrogen and oxygen atoms in total. The third-order valence-electron chi connectivity index (χ3n) is 2.82. The maximum Gasteiger partial charge on any atom is 0.130 e. The number of aryl methyl sites for hydroxylation is 1. The molecule has 1 aromatic carbocycles. The number of nitrogens with zero attached hydrogens (tertiary/aromatic N) is 2. The van der Waals surface area contributed by atoms with Crippen LogP contribution in [0.2, 0.25) is 5.15 Å². The summed E-state index contributed by atoms with van der Waals surface area (Å²) in [5.74, 6) is 0. The smallest absolute Gasteiger partial charge is 0.130 e. The first-order valence-corrected chi connectivity index (χ1v) is 6.14. The number of nitrogens with two attached hydrogens (primary N) is 1. The van der Waals surface area contributed by atoms with Gasteiger partial charge in [0.05, 0.1) is 12.3 Å². The summed E-state index contributed by atoms with van der Waals surface area (Å²) >= 11 is 6.23. The molecule has 1 unspecified atom stereocenters. The molecule has 0 spiro atoms. The summed E-state index contributed by atoms with van der Waals surface area (Å²) in [4.78, 5) is 0. The molecule has 0 amide bonds. The van der Waals surface area contributed by atoms with Crippen LogP contribution in [0.5, 0.6) is 0 Å². The lowest BCUT2D eigenvalue weighted by molar-refractivity contribution is 0.265. The average Bonchev–Trinajstić information content (AvgIpc) is 2.68. The predicted molar refractivity (Wildman–Crippen MR) is 72.4 cm³/mol. The second-order valence-corrected chi connectivity index (χ2v) is 4.61. The van der Waals surface area contributed by atoms with Crippen molar-refractivity contribution in [1.29, 1.82) is 0 Å². The van der Waals surface area contributed by atoms with Crippen LogP contribution in [-0.4, -0.2) is 27.5 Å². The first kappa shape index (κ1) is 13.1. The average molecular weight is 266 g/mol. The van der Waals surface area contributed by atoms with Gasteiger partial charge in [0, 0.05) is 24.2 Å². The predicted octanol–water partition coefficient (Wildman–Crippen LogP) is 1.60. The fourth-order valence-corrected chi connectivity index (χ4v) is 2.09. The lowest BCUT2D eigenvalue weighted by Gasteiger charge is -2.08. The van der Waals surface area contributed by atoms with Crippen molar-refractivity contribution in [2.24, 2.45) is 12.8 Å². The SMILES string of the molecule is Cn1nc(-c2ccccc2)c(CC(N)CO)c1Cl. The Balaban J connectivity index is 2.44. The molecule has 0 fully saturated rings. The van der Waals surface area contributed by atoms with Crippen molar-refractivity contribution in [3.63, 3.8) is 0 Å². The third kappa shape index (κ3) is 2.56. The highest BCUT2D eigenvalue weighted by Gasteiger charge is 2.18. The van der Waals surface area contributed by atoms with Gasteiger partial charge in [-0.05, 0) is 6.42 Å². The molecular weight excluding hydrogens is 250 g/mol. The molecule has 0 saturated carbocycles. The summed E-state index contributed by atoms with van der Waals surface area (Å²) in [6.45, 7) is -0.0700. The largest absolute Gasteiger partial charge is 0.395 e. The van der Waals surface area contributed by atoms with Gasteiger partial charge in [-0.15, -0.1) is 0 Å². The highest BCUT2D eigenvalue weighted by molar-refractivity contribution is 6.30. The first-order chi connectivity index (χ1) is 8.63. The molecule has 0 bridgehead atoms. The molecule has 0 radical (unpaired) electrons. The molecular formula is C13H16ClN3O. The Kier molecular flexibility index (Phi) is 4.01. The molecule has 3 N–H and O–H groups in total. The minimum atomic E-state index is -0.325. The second kappa shape index (κ2) is 5.52. The van der Waals surface area contributed by atoms with Crippen molar-refractivity contribution in [2.75, 3.05) is 6.61 Å². The summed E-state index contributed by atoms with van der Waals surface area (Å²) in [5, 5.41) is 14.0. The summed E-state index contributed by atoms with van der Waals surface area (Å²) in [5.41, 5.74) is 8.49. The zero-order valence-corrected chi connectivity index (χ0v) is 10.9. The van der Waals surface area contributed by atoms with Crippen LogP contribution in [0.15, 0.2) is 30.3 Å².